The van der Waals surface area contributed by atoms with Gasteiger partial charge in [-0.15, -0.1) is 0 Å². The Kier molecular flexibility index (Phi) is 4.19. The molecule has 0 aromatic heterocycles. The van der Waals surface area contributed by atoms with Crippen molar-refractivity contribution in [2.45, 2.75) is 84.2 Å². The van der Waals surface area contributed by atoms with Crippen molar-refractivity contribution < 1.29 is 5.11 Å². The third-order valence-corrected chi connectivity index (χ3v) is 7.38. The molecule has 0 bridgehead atoms. The van der Waals surface area contributed by atoms with Gasteiger partial charge in [0, 0.05) is 0 Å². The van der Waals surface area contributed by atoms with Crippen molar-refractivity contribution in [2.75, 3.05) is 0 Å². The fourth-order valence-electron chi connectivity index (χ4n) is 5.80. The summed E-state index contributed by atoms with van der Waals surface area (Å²) < 4.78 is 0. The zero-order valence-corrected chi connectivity index (χ0v) is 13.8. The van der Waals surface area contributed by atoms with Crippen LogP contribution in [0, 0.1) is 35.5 Å². The van der Waals surface area contributed by atoms with Crippen LogP contribution in [0.2, 0.25) is 0 Å². The van der Waals surface area contributed by atoms with E-state index >= 15 is 0 Å². The van der Waals surface area contributed by atoms with E-state index in [2.05, 4.69) is 20.8 Å². The van der Waals surface area contributed by atoms with Crippen molar-refractivity contribution in [2.24, 2.45) is 35.5 Å². The average molecular weight is 278 g/mol. The fourth-order valence-corrected chi connectivity index (χ4v) is 5.80. The molecule has 6 unspecified atom stereocenters. The molecular weight excluding hydrogens is 244 g/mol. The summed E-state index contributed by atoms with van der Waals surface area (Å²) in [5.74, 6) is 4.72. The first-order valence-electron chi connectivity index (χ1n) is 9.22. The minimum atomic E-state index is -0.454. The maximum absolute atomic E-state index is 11.1. The predicted molar refractivity (Wildman–Crippen MR) is 84.5 cm³/mol. The Hall–Kier alpha value is -0.0400. The van der Waals surface area contributed by atoms with Gasteiger partial charge in [0.05, 0.1) is 5.60 Å². The molecule has 20 heavy (non-hydrogen) atoms. The molecule has 1 heteroatoms. The lowest BCUT2D eigenvalue weighted by molar-refractivity contribution is -0.110. The normalized spacial score (nSPS) is 44.5. The standard InChI is InChI=1S/C19H34O/c1-13(2)19(3,20)18-10-6-9-16-11-14-7-4-5-8-15(14)12-17(16)18/h13-18,20H,4-12H2,1-3H3. The second-order valence-corrected chi connectivity index (χ2v) is 8.62. The van der Waals surface area contributed by atoms with E-state index in [-0.39, 0.29) is 0 Å². The SMILES string of the molecule is CC(C)C(C)(O)C1CCCC2CC3CCCCC3CC21. The second kappa shape index (κ2) is 5.63. The van der Waals surface area contributed by atoms with Crippen LogP contribution in [-0.4, -0.2) is 10.7 Å². The summed E-state index contributed by atoms with van der Waals surface area (Å²) in [4.78, 5) is 0. The van der Waals surface area contributed by atoms with Crippen LogP contribution in [0.1, 0.15) is 78.6 Å². The number of rotatable bonds is 2. The van der Waals surface area contributed by atoms with Crippen molar-refractivity contribution >= 4 is 0 Å². The molecule has 3 rings (SSSR count). The molecule has 0 spiro atoms. The van der Waals surface area contributed by atoms with Crippen LogP contribution >= 0.6 is 0 Å². The Bertz CT molecular complexity index is 333. The van der Waals surface area contributed by atoms with Crippen LogP contribution in [0.5, 0.6) is 0 Å². The first-order valence-corrected chi connectivity index (χ1v) is 9.22. The molecule has 6 atom stereocenters. The molecule has 0 heterocycles. The number of aliphatic hydroxyl groups is 1. The third-order valence-electron chi connectivity index (χ3n) is 7.38. The molecule has 116 valence electrons. The van der Waals surface area contributed by atoms with Crippen LogP contribution in [0.15, 0.2) is 0 Å². The smallest absolute Gasteiger partial charge is 0.0673 e. The van der Waals surface area contributed by atoms with Crippen LogP contribution in [-0.2, 0) is 0 Å². The Morgan fingerprint density at radius 3 is 2.10 bits per heavy atom. The molecule has 0 aromatic carbocycles. The van der Waals surface area contributed by atoms with E-state index in [0.29, 0.717) is 11.8 Å². The second-order valence-electron chi connectivity index (χ2n) is 8.62. The maximum atomic E-state index is 11.1. The highest BCUT2D eigenvalue weighted by molar-refractivity contribution is 4.98. The monoisotopic (exact) mass is 278 g/mol. The van der Waals surface area contributed by atoms with E-state index in [4.69, 9.17) is 0 Å². The van der Waals surface area contributed by atoms with Gasteiger partial charge in [0.1, 0.15) is 0 Å². The van der Waals surface area contributed by atoms with E-state index in [9.17, 15) is 5.11 Å². The summed E-state index contributed by atoms with van der Waals surface area (Å²) in [7, 11) is 0. The minimum absolute atomic E-state index is 0.385. The highest BCUT2D eigenvalue weighted by atomic mass is 16.3. The van der Waals surface area contributed by atoms with Gasteiger partial charge in [-0.3, -0.25) is 0 Å². The molecule has 1 nitrogen and oxygen atoms in total. The molecular formula is C19H34O. The summed E-state index contributed by atoms with van der Waals surface area (Å²) in [6, 6.07) is 0. The molecule has 1 N–H and O–H groups in total. The summed E-state index contributed by atoms with van der Waals surface area (Å²) in [6.45, 7) is 6.53. The lowest BCUT2D eigenvalue weighted by Gasteiger charge is -2.53. The van der Waals surface area contributed by atoms with Crippen LogP contribution in [0.4, 0.5) is 0 Å². The van der Waals surface area contributed by atoms with E-state index in [1.54, 1.807) is 0 Å². The number of hydrogen-bond donors (Lipinski definition) is 1. The largest absolute Gasteiger partial charge is 0.390 e. The highest BCUT2D eigenvalue weighted by Gasteiger charge is 2.48. The fraction of sp³-hybridized carbons (Fsp3) is 1.00. The average Bonchev–Trinajstić information content (AvgIpc) is 2.44. The van der Waals surface area contributed by atoms with Crippen LogP contribution in [0.3, 0.4) is 0 Å². The third kappa shape index (κ3) is 2.56. The summed E-state index contributed by atoms with van der Waals surface area (Å²) in [6.07, 6.45) is 12.9. The van der Waals surface area contributed by atoms with E-state index < -0.39 is 5.60 Å². The van der Waals surface area contributed by atoms with Crippen molar-refractivity contribution in [3.63, 3.8) is 0 Å². The maximum Gasteiger partial charge on any atom is 0.0673 e. The van der Waals surface area contributed by atoms with Gasteiger partial charge < -0.3 is 5.11 Å². The molecule has 0 radical (unpaired) electrons. The Morgan fingerprint density at radius 1 is 0.850 bits per heavy atom. The number of hydrogen-bond acceptors (Lipinski definition) is 1. The van der Waals surface area contributed by atoms with Gasteiger partial charge in [-0.05, 0) is 61.7 Å². The zero-order chi connectivity index (χ0) is 14.3. The molecule has 0 aromatic rings. The Labute approximate surface area is 125 Å². The van der Waals surface area contributed by atoms with Crippen molar-refractivity contribution in [1.82, 2.24) is 0 Å². The molecule has 3 fully saturated rings. The first kappa shape index (κ1) is 14.9. The van der Waals surface area contributed by atoms with Crippen LogP contribution < -0.4 is 0 Å². The van der Waals surface area contributed by atoms with Crippen molar-refractivity contribution in [3.8, 4) is 0 Å². The quantitative estimate of drug-likeness (QED) is 0.751. The van der Waals surface area contributed by atoms with Gasteiger partial charge >= 0.3 is 0 Å². The Morgan fingerprint density at radius 2 is 1.45 bits per heavy atom. The van der Waals surface area contributed by atoms with Crippen LogP contribution in [0.25, 0.3) is 0 Å². The van der Waals surface area contributed by atoms with Gasteiger partial charge in [-0.1, -0.05) is 52.4 Å². The molecule has 3 aliphatic carbocycles. The van der Waals surface area contributed by atoms with Crippen molar-refractivity contribution in [3.05, 3.63) is 0 Å². The summed E-state index contributed by atoms with van der Waals surface area (Å²) in [5, 5.41) is 11.1. The highest BCUT2D eigenvalue weighted by Crippen LogP contribution is 2.54. The van der Waals surface area contributed by atoms with Gasteiger partial charge in [-0.25, -0.2) is 0 Å². The molecule has 0 amide bonds. The zero-order valence-electron chi connectivity index (χ0n) is 13.8. The minimum Gasteiger partial charge on any atom is -0.390 e. The number of fused-ring (bicyclic) bond motifs is 2. The molecule has 0 aliphatic heterocycles. The lowest BCUT2D eigenvalue weighted by Crippen LogP contribution is -2.50. The summed E-state index contributed by atoms with van der Waals surface area (Å²) >= 11 is 0. The van der Waals surface area contributed by atoms with Gasteiger partial charge in [0.2, 0.25) is 0 Å². The molecule has 3 aliphatic rings. The summed E-state index contributed by atoms with van der Waals surface area (Å²) in [5.41, 5.74) is -0.454. The predicted octanol–water partition coefficient (Wildman–Crippen LogP) is 5.03. The topological polar surface area (TPSA) is 20.2 Å². The Balaban J connectivity index is 1.77. The van der Waals surface area contributed by atoms with E-state index in [1.807, 2.05) is 0 Å². The van der Waals surface area contributed by atoms with Gasteiger partial charge in [-0.2, -0.15) is 0 Å². The van der Waals surface area contributed by atoms with Gasteiger partial charge in [0.15, 0.2) is 0 Å². The van der Waals surface area contributed by atoms with Crippen molar-refractivity contribution in [1.29, 1.82) is 0 Å². The van der Waals surface area contributed by atoms with Gasteiger partial charge in [0.25, 0.3) is 0 Å². The van der Waals surface area contributed by atoms with E-state index in [0.717, 1.165) is 23.7 Å². The molecule has 3 saturated carbocycles. The first-order chi connectivity index (χ1) is 9.50. The van der Waals surface area contributed by atoms with E-state index in [1.165, 1.54) is 57.8 Å². The molecule has 0 saturated heterocycles. The lowest BCUT2D eigenvalue weighted by atomic mass is 9.54.